The summed E-state index contributed by atoms with van der Waals surface area (Å²) in [6, 6.07) is 4.71. The molecule has 0 aromatic carbocycles. The van der Waals surface area contributed by atoms with Crippen molar-refractivity contribution in [2.24, 2.45) is 0 Å². The van der Waals surface area contributed by atoms with Gasteiger partial charge >= 0.3 is 0 Å². The van der Waals surface area contributed by atoms with Gasteiger partial charge in [0.1, 0.15) is 5.76 Å². The van der Waals surface area contributed by atoms with Crippen LogP contribution in [0.15, 0.2) is 22.8 Å². The van der Waals surface area contributed by atoms with E-state index in [1.807, 2.05) is 6.07 Å². The highest BCUT2D eigenvalue weighted by atomic mass is 16.3. The van der Waals surface area contributed by atoms with Crippen molar-refractivity contribution in [2.75, 3.05) is 19.6 Å². The molecule has 1 aliphatic rings. The molecule has 1 aromatic rings. The van der Waals surface area contributed by atoms with Gasteiger partial charge in [0.05, 0.1) is 12.8 Å². The Hall–Kier alpha value is -0.800. The second-order valence-electron chi connectivity index (χ2n) is 4.61. The number of rotatable bonds is 6. The monoisotopic (exact) mass is 222 g/mol. The highest BCUT2D eigenvalue weighted by Gasteiger charge is 2.17. The van der Waals surface area contributed by atoms with Gasteiger partial charge < -0.3 is 9.73 Å². The standard InChI is InChI=1S/C13H22N2O/c1-2-8-15(10-12-5-3-7-14-12)11-13-6-4-9-16-13/h4,6,9,12,14H,2-3,5,7-8,10-11H2,1H3/t12-/m0/s1. The van der Waals surface area contributed by atoms with Gasteiger partial charge in [0.15, 0.2) is 0 Å². The molecule has 3 heteroatoms. The van der Waals surface area contributed by atoms with E-state index in [2.05, 4.69) is 23.2 Å². The zero-order valence-corrected chi connectivity index (χ0v) is 10.1. The summed E-state index contributed by atoms with van der Waals surface area (Å²) < 4.78 is 5.41. The molecular weight excluding hydrogens is 200 g/mol. The Morgan fingerprint density at radius 1 is 1.56 bits per heavy atom. The first-order valence-corrected chi connectivity index (χ1v) is 6.36. The first kappa shape index (κ1) is 11.7. The molecule has 0 aliphatic carbocycles. The van der Waals surface area contributed by atoms with Gasteiger partial charge in [-0.3, -0.25) is 4.90 Å². The van der Waals surface area contributed by atoms with Crippen LogP contribution in [0.5, 0.6) is 0 Å². The summed E-state index contributed by atoms with van der Waals surface area (Å²) in [7, 11) is 0. The molecule has 1 aliphatic heterocycles. The molecule has 1 fully saturated rings. The number of hydrogen-bond acceptors (Lipinski definition) is 3. The molecule has 90 valence electrons. The lowest BCUT2D eigenvalue weighted by atomic mass is 10.2. The minimum absolute atomic E-state index is 0.682. The predicted octanol–water partition coefficient (Wildman–Crippen LogP) is 2.24. The third-order valence-corrected chi connectivity index (χ3v) is 3.14. The fourth-order valence-corrected chi connectivity index (χ4v) is 2.40. The van der Waals surface area contributed by atoms with Crippen molar-refractivity contribution in [1.29, 1.82) is 0 Å². The predicted molar refractivity (Wildman–Crippen MR) is 65.3 cm³/mol. The van der Waals surface area contributed by atoms with Crippen molar-refractivity contribution in [3.63, 3.8) is 0 Å². The molecular formula is C13H22N2O. The smallest absolute Gasteiger partial charge is 0.117 e. The van der Waals surface area contributed by atoms with Crippen molar-refractivity contribution in [2.45, 2.75) is 38.8 Å². The van der Waals surface area contributed by atoms with Gasteiger partial charge in [-0.15, -0.1) is 0 Å². The Kier molecular flexibility index (Phi) is 4.43. The van der Waals surface area contributed by atoms with Crippen molar-refractivity contribution in [3.8, 4) is 0 Å². The first-order chi connectivity index (χ1) is 7.88. The normalized spacial score (nSPS) is 20.8. The summed E-state index contributed by atoms with van der Waals surface area (Å²) in [4.78, 5) is 2.49. The molecule has 0 saturated carbocycles. The Morgan fingerprint density at radius 3 is 3.12 bits per heavy atom. The average molecular weight is 222 g/mol. The van der Waals surface area contributed by atoms with E-state index in [-0.39, 0.29) is 0 Å². The van der Waals surface area contributed by atoms with Crippen LogP contribution >= 0.6 is 0 Å². The van der Waals surface area contributed by atoms with Gasteiger partial charge in [0.2, 0.25) is 0 Å². The molecule has 1 N–H and O–H groups in total. The second-order valence-corrected chi connectivity index (χ2v) is 4.61. The first-order valence-electron chi connectivity index (χ1n) is 6.36. The molecule has 0 unspecified atom stereocenters. The van der Waals surface area contributed by atoms with E-state index in [1.54, 1.807) is 6.26 Å². The van der Waals surface area contributed by atoms with Crippen LogP contribution in [-0.4, -0.2) is 30.6 Å². The molecule has 3 nitrogen and oxygen atoms in total. The Balaban J connectivity index is 1.83. The van der Waals surface area contributed by atoms with Crippen LogP contribution in [0.25, 0.3) is 0 Å². The van der Waals surface area contributed by atoms with Crippen molar-refractivity contribution >= 4 is 0 Å². The molecule has 1 saturated heterocycles. The number of furan rings is 1. The van der Waals surface area contributed by atoms with Crippen LogP contribution in [0, 0.1) is 0 Å². The second kappa shape index (κ2) is 6.06. The summed E-state index contributed by atoms with van der Waals surface area (Å²) in [5.41, 5.74) is 0. The third-order valence-electron chi connectivity index (χ3n) is 3.14. The van der Waals surface area contributed by atoms with Crippen molar-refractivity contribution in [3.05, 3.63) is 24.2 Å². The molecule has 2 heterocycles. The van der Waals surface area contributed by atoms with Gasteiger partial charge in [0.25, 0.3) is 0 Å². The van der Waals surface area contributed by atoms with E-state index in [4.69, 9.17) is 4.42 Å². The van der Waals surface area contributed by atoms with E-state index < -0.39 is 0 Å². The lowest BCUT2D eigenvalue weighted by molar-refractivity contribution is 0.223. The zero-order valence-electron chi connectivity index (χ0n) is 10.1. The molecule has 0 spiro atoms. The molecule has 0 bridgehead atoms. The fourth-order valence-electron chi connectivity index (χ4n) is 2.40. The van der Waals surface area contributed by atoms with E-state index in [9.17, 15) is 0 Å². The van der Waals surface area contributed by atoms with Gasteiger partial charge in [-0.2, -0.15) is 0 Å². The maximum atomic E-state index is 5.41. The SMILES string of the molecule is CCCN(Cc1ccco1)C[C@@H]1CCCN1. The van der Waals surface area contributed by atoms with Crippen molar-refractivity contribution in [1.82, 2.24) is 10.2 Å². The summed E-state index contributed by atoms with van der Waals surface area (Å²) in [5, 5.41) is 3.55. The Morgan fingerprint density at radius 2 is 2.50 bits per heavy atom. The topological polar surface area (TPSA) is 28.4 Å². The molecule has 1 aromatic heterocycles. The quantitative estimate of drug-likeness (QED) is 0.800. The minimum Gasteiger partial charge on any atom is -0.468 e. The van der Waals surface area contributed by atoms with Crippen LogP contribution in [-0.2, 0) is 6.54 Å². The summed E-state index contributed by atoms with van der Waals surface area (Å²) in [5.74, 6) is 1.08. The van der Waals surface area contributed by atoms with Crippen LogP contribution in [0.4, 0.5) is 0 Å². The lowest BCUT2D eigenvalue weighted by Gasteiger charge is -2.24. The van der Waals surface area contributed by atoms with E-state index in [1.165, 1.54) is 25.8 Å². The molecule has 1 atom stereocenters. The van der Waals surface area contributed by atoms with Crippen LogP contribution in [0.2, 0.25) is 0 Å². The van der Waals surface area contributed by atoms with E-state index in [0.29, 0.717) is 6.04 Å². The Labute approximate surface area is 97.8 Å². The van der Waals surface area contributed by atoms with E-state index >= 15 is 0 Å². The Bertz CT molecular complexity index is 278. The number of nitrogens with one attached hydrogen (secondary N) is 1. The maximum Gasteiger partial charge on any atom is 0.117 e. The summed E-state index contributed by atoms with van der Waals surface area (Å²) in [6.07, 6.45) is 5.60. The molecule has 16 heavy (non-hydrogen) atoms. The largest absolute Gasteiger partial charge is 0.468 e. The summed E-state index contributed by atoms with van der Waals surface area (Å²) >= 11 is 0. The average Bonchev–Trinajstić information content (AvgIpc) is 2.91. The number of hydrogen-bond donors (Lipinski definition) is 1. The third kappa shape index (κ3) is 3.35. The minimum atomic E-state index is 0.682. The van der Waals surface area contributed by atoms with Gasteiger partial charge in [0, 0.05) is 12.6 Å². The van der Waals surface area contributed by atoms with Gasteiger partial charge in [-0.1, -0.05) is 6.92 Å². The molecule has 2 rings (SSSR count). The van der Waals surface area contributed by atoms with Crippen LogP contribution in [0.3, 0.4) is 0 Å². The zero-order chi connectivity index (χ0) is 11.2. The van der Waals surface area contributed by atoms with Crippen LogP contribution < -0.4 is 5.32 Å². The van der Waals surface area contributed by atoms with Crippen molar-refractivity contribution < 1.29 is 4.42 Å². The van der Waals surface area contributed by atoms with Crippen LogP contribution in [0.1, 0.15) is 31.9 Å². The maximum absolute atomic E-state index is 5.41. The summed E-state index contributed by atoms with van der Waals surface area (Å²) in [6.45, 7) is 6.66. The van der Waals surface area contributed by atoms with Gasteiger partial charge in [-0.25, -0.2) is 0 Å². The molecule has 0 amide bonds. The fraction of sp³-hybridized carbons (Fsp3) is 0.692. The highest BCUT2D eigenvalue weighted by Crippen LogP contribution is 2.11. The highest BCUT2D eigenvalue weighted by molar-refractivity contribution is 4.98. The van der Waals surface area contributed by atoms with E-state index in [0.717, 1.165) is 25.4 Å². The number of nitrogens with zero attached hydrogens (tertiary/aromatic N) is 1. The molecule has 0 radical (unpaired) electrons. The van der Waals surface area contributed by atoms with Gasteiger partial charge in [-0.05, 0) is 44.5 Å². The lowest BCUT2D eigenvalue weighted by Crippen LogP contribution is -2.37.